The lowest BCUT2D eigenvalue weighted by Gasteiger charge is -2.42. The SMILES string of the molecule is Cc1ccc([C@@]2(C(F)(F)F)NC(=O)N3N=C(N4CCOCC4)N(c4ccccc4)C3=C2C#N)cc1. The molecule has 0 spiro atoms. The Morgan fingerprint density at radius 2 is 1.74 bits per heavy atom. The van der Waals surface area contributed by atoms with Crippen LogP contribution < -0.4 is 10.2 Å². The Morgan fingerprint density at radius 1 is 1.09 bits per heavy atom. The molecule has 0 aromatic heterocycles. The van der Waals surface area contributed by atoms with Crippen molar-refractivity contribution in [2.24, 2.45) is 5.10 Å². The molecule has 5 rings (SSSR count). The van der Waals surface area contributed by atoms with Crippen molar-refractivity contribution in [3.8, 4) is 6.07 Å². The molecule has 1 atom stereocenters. The zero-order valence-corrected chi connectivity index (χ0v) is 18.7. The molecular formula is C24H21F3N6O2. The minimum atomic E-state index is -5.02. The third-order valence-corrected chi connectivity index (χ3v) is 6.22. The number of carbonyl (C=O) groups excluding carboxylic acids is 1. The van der Waals surface area contributed by atoms with Crippen LogP contribution in [0.15, 0.2) is 71.1 Å². The van der Waals surface area contributed by atoms with Crippen LogP contribution in [0.4, 0.5) is 23.7 Å². The van der Waals surface area contributed by atoms with Crippen LogP contribution in [0.2, 0.25) is 0 Å². The monoisotopic (exact) mass is 482 g/mol. The molecule has 2 aromatic rings. The molecule has 1 fully saturated rings. The average Bonchev–Trinajstić information content (AvgIpc) is 3.26. The molecule has 3 aliphatic heterocycles. The van der Waals surface area contributed by atoms with Crippen molar-refractivity contribution in [1.29, 1.82) is 5.26 Å². The molecule has 1 saturated heterocycles. The van der Waals surface area contributed by atoms with Gasteiger partial charge < -0.3 is 15.0 Å². The van der Waals surface area contributed by atoms with E-state index in [0.717, 1.165) is 10.6 Å². The number of carbonyl (C=O) groups is 1. The van der Waals surface area contributed by atoms with Gasteiger partial charge in [0.05, 0.1) is 18.9 Å². The number of guanidine groups is 1. The average molecular weight is 482 g/mol. The number of nitrogens with zero attached hydrogens (tertiary/aromatic N) is 5. The van der Waals surface area contributed by atoms with Gasteiger partial charge in [-0.2, -0.15) is 23.4 Å². The van der Waals surface area contributed by atoms with Crippen LogP contribution in [0.1, 0.15) is 11.1 Å². The Labute approximate surface area is 199 Å². The highest BCUT2D eigenvalue weighted by molar-refractivity contribution is 6.04. The van der Waals surface area contributed by atoms with E-state index in [0.29, 0.717) is 32.0 Å². The predicted octanol–water partition coefficient (Wildman–Crippen LogP) is 3.64. The number of fused-ring (bicyclic) bond motifs is 1. The van der Waals surface area contributed by atoms with Crippen molar-refractivity contribution in [2.75, 3.05) is 31.2 Å². The summed E-state index contributed by atoms with van der Waals surface area (Å²) in [7, 11) is 0. The third kappa shape index (κ3) is 3.49. The maximum atomic E-state index is 14.9. The number of nitriles is 1. The van der Waals surface area contributed by atoms with Crippen LogP contribution in [-0.4, -0.2) is 54.4 Å². The van der Waals surface area contributed by atoms with Gasteiger partial charge in [0, 0.05) is 13.1 Å². The summed E-state index contributed by atoms with van der Waals surface area (Å²) in [6, 6.07) is 14.9. The van der Waals surface area contributed by atoms with Crippen LogP contribution in [-0.2, 0) is 10.3 Å². The lowest BCUT2D eigenvalue weighted by molar-refractivity contribution is -0.186. The van der Waals surface area contributed by atoms with Gasteiger partial charge in [-0.15, -0.1) is 5.10 Å². The van der Waals surface area contributed by atoms with E-state index in [-0.39, 0.29) is 17.3 Å². The van der Waals surface area contributed by atoms with Crippen molar-refractivity contribution >= 4 is 17.7 Å². The zero-order valence-electron chi connectivity index (χ0n) is 18.7. The van der Waals surface area contributed by atoms with E-state index in [9.17, 15) is 23.2 Å². The number of amides is 2. The number of anilines is 1. The number of hydrogen-bond donors (Lipinski definition) is 1. The maximum Gasteiger partial charge on any atom is 0.421 e. The van der Waals surface area contributed by atoms with Gasteiger partial charge in [0.1, 0.15) is 11.6 Å². The van der Waals surface area contributed by atoms with Gasteiger partial charge in [-0.3, -0.25) is 4.90 Å². The second-order valence-corrected chi connectivity index (χ2v) is 8.34. The molecule has 0 radical (unpaired) electrons. The van der Waals surface area contributed by atoms with Gasteiger partial charge in [0.15, 0.2) is 5.82 Å². The third-order valence-electron chi connectivity index (χ3n) is 6.22. The topological polar surface area (TPSA) is 84.2 Å². The molecule has 1 N–H and O–H groups in total. The van der Waals surface area contributed by atoms with Crippen LogP contribution in [0.5, 0.6) is 0 Å². The van der Waals surface area contributed by atoms with Gasteiger partial charge in [-0.05, 0) is 24.6 Å². The van der Waals surface area contributed by atoms with Crippen molar-refractivity contribution in [3.63, 3.8) is 0 Å². The molecule has 2 aromatic carbocycles. The van der Waals surface area contributed by atoms with Gasteiger partial charge in [0.2, 0.25) is 11.5 Å². The largest absolute Gasteiger partial charge is 0.421 e. The molecule has 2 amide bonds. The molecule has 8 nitrogen and oxygen atoms in total. The number of rotatable bonds is 2. The molecule has 0 saturated carbocycles. The number of ether oxygens (including phenoxy) is 1. The lowest BCUT2D eigenvalue weighted by atomic mass is 9.80. The van der Waals surface area contributed by atoms with Crippen LogP contribution in [0.3, 0.4) is 0 Å². The Bertz CT molecular complexity index is 1250. The lowest BCUT2D eigenvalue weighted by Crippen LogP contribution is -2.63. The number of urea groups is 1. The summed E-state index contributed by atoms with van der Waals surface area (Å²) < 4.78 is 50.2. The molecule has 0 aliphatic carbocycles. The Kier molecular flexibility index (Phi) is 5.40. The fraction of sp³-hybridized carbons (Fsp3) is 0.292. The van der Waals surface area contributed by atoms with E-state index in [1.807, 2.05) is 4.90 Å². The molecule has 0 bridgehead atoms. The number of hydrazone groups is 1. The minimum Gasteiger partial charge on any atom is -0.378 e. The Hall–Kier alpha value is -4.04. The highest BCUT2D eigenvalue weighted by Gasteiger charge is 2.65. The number of para-hydroxylation sites is 1. The van der Waals surface area contributed by atoms with Crippen LogP contribution in [0, 0.1) is 18.3 Å². The minimum absolute atomic E-state index is 0.248. The first-order valence-corrected chi connectivity index (χ1v) is 11.0. The van der Waals surface area contributed by atoms with Gasteiger partial charge >= 0.3 is 12.2 Å². The fourth-order valence-electron chi connectivity index (χ4n) is 4.49. The molecular weight excluding hydrogens is 461 g/mol. The first-order valence-electron chi connectivity index (χ1n) is 11.0. The second kappa shape index (κ2) is 8.32. The predicted molar refractivity (Wildman–Crippen MR) is 121 cm³/mol. The summed E-state index contributed by atoms with van der Waals surface area (Å²) in [4.78, 5) is 16.5. The zero-order chi connectivity index (χ0) is 24.8. The first-order chi connectivity index (χ1) is 16.8. The number of nitrogens with one attached hydrogen (secondary N) is 1. The van der Waals surface area contributed by atoms with Gasteiger partial charge in [-0.1, -0.05) is 48.0 Å². The summed E-state index contributed by atoms with van der Waals surface area (Å²) in [6.45, 7) is 3.39. The number of hydrogen-bond acceptors (Lipinski definition) is 6. The van der Waals surface area contributed by atoms with E-state index in [1.165, 1.54) is 29.2 Å². The molecule has 3 heterocycles. The first kappa shape index (κ1) is 22.7. The van der Waals surface area contributed by atoms with Crippen LogP contribution >= 0.6 is 0 Å². The summed E-state index contributed by atoms with van der Waals surface area (Å²) in [5.74, 6) is 0.00104. The Balaban J connectivity index is 1.79. The molecule has 35 heavy (non-hydrogen) atoms. The van der Waals surface area contributed by atoms with E-state index in [4.69, 9.17) is 4.74 Å². The maximum absolute atomic E-state index is 14.9. The quantitative estimate of drug-likeness (QED) is 0.707. The van der Waals surface area contributed by atoms with E-state index >= 15 is 0 Å². The normalized spacial score (nSPS) is 22.5. The highest BCUT2D eigenvalue weighted by atomic mass is 19.4. The summed E-state index contributed by atoms with van der Waals surface area (Å²) in [6.07, 6.45) is -5.02. The molecule has 180 valence electrons. The van der Waals surface area contributed by atoms with E-state index in [1.54, 1.807) is 43.3 Å². The summed E-state index contributed by atoms with van der Waals surface area (Å²) >= 11 is 0. The van der Waals surface area contributed by atoms with Gasteiger partial charge in [0.25, 0.3) is 0 Å². The molecule has 11 heteroatoms. The van der Waals surface area contributed by atoms with E-state index in [2.05, 4.69) is 10.4 Å². The van der Waals surface area contributed by atoms with Gasteiger partial charge in [-0.25, -0.2) is 4.79 Å². The number of benzene rings is 2. The van der Waals surface area contributed by atoms with Crippen molar-refractivity contribution in [1.82, 2.24) is 15.2 Å². The van der Waals surface area contributed by atoms with Crippen molar-refractivity contribution in [3.05, 3.63) is 77.1 Å². The summed E-state index contributed by atoms with van der Waals surface area (Å²) in [5, 5.41) is 17.5. The molecule has 0 unspecified atom stereocenters. The number of aryl methyl sites for hydroxylation is 1. The van der Waals surface area contributed by atoms with E-state index < -0.39 is 23.3 Å². The second-order valence-electron chi connectivity index (χ2n) is 8.34. The van der Waals surface area contributed by atoms with Crippen LogP contribution in [0.25, 0.3) is 0 Å². The number of halogens is 3. The van der Waals surface area contributed by atoms with Crippen molar-refractivity contribution in [2.45, 2.75) is 18.6 Å². The van der Waals surface area contributed by atoms with Crippen molar-refractivity contribution < 1.29 is 22.7 Å². The smallest absolute Gasteiger partial charge is 0.378 e. The highest BCUT2D eigenvalue weighted by Crippen LogP contribution is 2.50. The Morgan fingerprint density at radius 3 is 2.34 bits per heavy atom. The summed E-state index contributed by atoms with van der Waals surface area (Å²) in [5.41, 5.74) is -2.78. The fourth-order valence-corrected chi connectivity index (χ4v) is 4.49. The molecule has 3 aliphatic rings. The number of morpholine rings is 1. The number of alkyl halides is 3. The standard InChI is InChI=1S/C24H21F3N6O2/c1-16-7-9-17(10-8-16)23(24(25,26)27)19(15-28)20-32(18-5-3-2-4-6-18)21(30-33(20)22(34)29-23)31-11-13-35-14-12-31/h2-10H,11-14H2,1H3,(H,29,34)/t23-/m1/s1.